The number of nitrogens with one attached hydrogen (secondary N) is 1. The number of hydrogen-bond donors (Lipinski definition) is 2. The Morgan fingerprint density at radius 3 is 2.95 bits per heavy atom. The van der Waals surface area contributed by atoms with Crippen molar-refractivity contribution in [2.24, 2.45) is 12.2 Å². The van der Waals surface area contributed by atoms with Gasteiger partial charge in [-0.1, -0.05) is 16.9 Å². The first-order chi connectivity index (χ1) is 17.8. The average molecular weight is 578 g/mol. The van der Waals surface area contributed by atoms with Gasteiger partial charge in [0.05, 0.1) is 17.2 Å². The summed E-state index contributed by atoms with van der Waals surface area (Å²) < 4.78 is 3.75. The molecule has 1 saturated heterocycles. The average Bonchev–Trinajstić information content (AvgIpc) is 3.48. The highest BCUT2D eigenvalue weighted by molar-refractivity contribution is 8.02. The molecule has 3 N–H and O–H groups in total. The molecule has 192 valence electrons. The molecule has 3 aromatic heterocycles. The maximum absolute atomic E-state index is 13.0. The van der Waals surface area contributed by atoms with Crippen molar-refractivity contribution in [2.75, 3.05) is 24.3 Å². The lowest BCUT2D eigenvalue weighted by atomic mass is 10.0. The maximum Gasteiger partial charge on any atom is 0.276 e. The number of oxime groups is 1. The molecule has 37 heavy (non-hydrogen) atoms. The lowest BCUT2D eigenvalue weighted by Crippen LogP contribution is -2.71. The highest BCUT2D eigenvalue weighted by Crippen LogP contribution is 2.42. The Morgan fingerprint density at radius 2 is 2.24 bits per heavy atom. The van der Waals surface area contributed by atoms with E-state index < -0.39 is 29.2 Å². The van der Waals surface area contributed by atoms with E-state index in [4.69, 9.17) is 10.6 Å². The van der Waals surface area contributed by atoms with Crippen LogP contribution in [0.4, 0.5) is 5.13 Å². The number of carboxylic acids is 1. The van der Waals surface area contributed by atoms with E-state index in [2.05, 4.69) is 20.4 Å². The van der Waals surface area contributed by atoms with E-state index in [1.165, 1.54) is 46.9 Å². The van der Waals surface area contributed by atoms with Gasteiger partial charge in [-0.2, -0.15) is 0 Å². The third-order valence-corrected chi connectivity index (χ3v) is 9.76. The number of aromatic nitrogens is 3. The Morgan fingerprint density at radius 1 is 1.43 bits per heavy atom. The number of fused-ring (bicyclic) bond motifs is 2. The summed E-state index contributed by atoms with van der Waals surface area (Å²) in [5, 5.41) is 19.6. The first-order valence-corrected chi connectivity index (χ1v) is 14.4. The minimum absolute atomic E-state index is 0.139. The summed E-state index contributed by atoms with van der Waals surface area (Å²) in [7, 11) is 3.21. The van der Waals surface area contributed by atoms with E-state index in [1.807, 2.05) is 30.1 Å². The Kier molecular flexibility index (Phi) is 7.06. The van der Waals surface area contributed by atoms with E-state index in [-0.39, 0.29) is 22.2 Å². The number of carbonyl (C=O) groups excluding carboxylic acids is 3. The second kappa shape index (κ2) is 10.3. The molecule has 2 atom stereocenters. The molecule has 2 amide bonds. The molecule has 0 saturated carbocycles. The van der Waals surface area contributed by atoms with E-state index in [0.717, 1.165) is 25.9 Å². The normalized spacial score (nSPS) is 19.6. The molecule has 5 rings (SSSR count). The summed E-state index contributed by atoms with van der Waals surface area (Å²) in [6.07, 6.45) is 3.88. The number of rotatable bonds is 8. The van der Waals surface area contributed by atoms with Gasteiger partial charge in [-0.15, -0.1) is 34.4 Å². The number of hydrogen-bond acceptors (Lipinski definition) is 13. The van der Waals surface area contributed by atoms with Gasteiger partial charge in [0, 0.05) is 23.0 Å². The topological polar surface area (TPSA) is 167 Å². The minimum atomic E-state index is -1.44. The van der Waals surface area contributed by atoms with Gasteiger partial charge in [0.2, 0.25) is 0 Å². The van der Waals surface area contributed by atoms with Crippen LogP contribution in [-0.2, 0) is 26.3 Å². The number of aliphatic carboxylic acids is 1. The van der Waals surface area contributed by atoms with Crippen LogP contribution in [0.5, 0.6) is 0 Å². The van der Waals surface area contributed by atoms with Gasteiger partial charge in [-0.05, 0) is 5.57 Å². The molecule has 12 nitrogen and oxygen atoms in total. The highest BCUT2D eigenvalue weighted by atomic mass is 32.2. The number of β-lactam (4-membered cyclic amide) rings is 1. The molecular formula is C21H19N7O5S4. The van der Waals surface area contributed by atoms with Gasteiger partial charge >= 0.3 is 0 Å². The molecule has 2 unspecified atom stereocenters. The number of pyridine rings is 1. The fraction of sp³-hybridized carbons (Fsp3) is 0.286. The van der Waals surface area contributed by atoms with Crippen LogP contribution in [0.15, 0.2) is 44.6 Å². The van der Waals surface area contributed by atoms with Crippen molar-refractivity contribution in [3.05, 3.63) is 40.8 Å². The van der Waals surface area contributed by atoms with E-state index >= 15 is 0 Å². The number of aryl methyl sites for hydroxylation is 1. The number of amides is 2. The fourth-order valence-corrected chi connectivity index (χ4v) is 8.02. The molecule has 0 radical (unpaired) electrons. The van der Waals surface area contributed by atoms with Crippen molar-refractivity contribution in [3.8, 4) is 0 Å². The van der Waals surface area contributed by atoms with Crippen molar-refractivity contribution < 1.29 is 28.9 Å². The van der Waals surface area contributed by atoms with Crippen LogP contribution < -0.4 is 20.7 Å². The number of anilines is 1. The molecule has 2 aliphatic rings. The van der Waals surface area contributed by atoms with Crippen LogP contribution in [0.2, 0.25) is 0 Å². The molecule has 1 fully saturated rings. The van der Waals surface area contributed by atoms with Gasteiger partial charge in [0.25, 0.3) is 11.8 Å². The van der Waals surface area contributed by atoms with Gasteiger partial charge in [0.1, 0.15) is 36.0 Å². The summed E-state index contributed by atoms with van der Waals surface area (Å²) in [5.74, 6) is -1.97. The third kappa shape index (κ3) is 4.88. The predicted octanol–water partition coefficient (Wildman–Crippen LogP) is -0.294. The van der Waals surface area contributed by atoms with Crippen LogP contribution in [-0.4, -0.2) is 68.4 Å². The standard InChI is InChI=1S/C21H19N7O5S4/c1-27-4-3-10-12(5-27)37-21(24-10)36-7-9-6-34-18-14(17(30)28(18)15(9)19(31)32)25-16(29)13(26-33-2)11-8-35-20(22)23-11/h3-5,8,14,18H,6-7H2,1-2H3,(H3-,22,23,25,29,31,32)/b26-13+. The molecule has 5 heterocycles. The summed E-state index contributed by atoms with van der Waals surface area (Å²) in [4.78, 5) is 52.5. The SMILES string of the molecule is CO/N=C(/C(=O)NC1C(=O)N2C(C(=O)[O-])=C(CSc3nc4cc[n+](C)cc4s3)CSC12)c1csc(N)n1. The van der Waals surface area contributed by atoms with E-state index in [0.29, 0.717) is 17.1 Å². The van der Waals surface area contributed by atoms with Gasteiger partial charge in [-0.3, -0.25) is 14.5 Å². The zero-order valence-electron chi connectivity index (χ0n) is 19.4. The van der Waals surface area contributed by atoms with Crippen molar-refractivity contribution >= 4 is 85.0 Å². The zero-order chi connectivity index (χ0) is 26.3. The van der Waals surface area contributed by atoms with Crippen molar-refractivity contribution in [1.29, 1.82) is 0 Å². The Bertz CT molecular complexity index is 1480. The van der Waals surface area contributed by atoms with Crippen LogP contribution in [0.3, 0.4) is 0 Å². The molecule has 0 bridgehead atoms. The van der Waals surface area contributed by atoms with E-state index in [9.17, 15) is 19.5 Å². The second-order valence-electron chi connectivity index (χ2n) is 7.92. The summed E-state index contributed by atoms with van der Waals surface area (Å²) in [5.41, 5.74) is 6.99. The highest BCUT2D eigenvalue weighted by Gasteiger charge is 2.53. The van der Waals surface area contributed by atoms with Crippen LogP contribution in [0.25, 0.3) is 10.2 Å². The van der Waals surface area contributed by atoms with Crippen molar-refractivity contribution in [1.82, 2.24) is 20.2 Å². The smallest absolute Gasteiger partial charge is 0.276 e. The number of nitrogens with zero attached hydrogens (tertiary/aromatic N) is 5. The third-order valence-electron chi connectivity index (χ3n) is 5.51. The largest absolute Gasteiger partial charge is 0.543 e. The van der Waals surface area contributed by atoms with Gasteiger partial charge in [-0.25, -0.2) is 14.5 Å². The van der Waals surface area contributed by atoms with Crippen LogP contribution in [0, 0.1) is 0 Å². The second-order valence-corrected chi connectivity index (χ2v) is 12.2. The quantitative estimate of drug-likeness (QED) is 0.119. The number of nitrogen functional groups attached to an aromatic ring is 1. The molecule has 0 aliphatic carbocycles. The minimum Gasteiger partial charge on any atom is -0.543 e. The summed E-state index contributed by atoms with van der Waals surface area (Å²) >= 11 is 5.42. The fourth-order valence-electron chi connectivity index (χ4n) is 3.85. The number of thiazole rings is 2. The monoisotopic (exact) mass is 577 g/mol. The first kappa shape index (κ1) is 25.4. The summed E-state index contributed by atoms with van der Waals surface area (Å²) in [6.45, 7) is 0. The Hall–Kier alpha value is -3.21. The molecule has 3 aromatic rings. The lowest BCUT2D eigenvalue weighted by Gasteiger charge is -2.50. The number of nitrogens with two attached hydrogens (primary N) is 1. The van der Waals surface area contributed by atoms with E-state index in [1.54, 1.807) is 5.38 Å². The zero-order valence-corrected chi connectivity index (χ0v) is 22.6. The van der Waals surface area contributed by atoms with Crippen LogP contribution in [0.1, 0.15) is 5.69 Å². The van der Waals surface area contributed by atoms with Crippen LogP contribution >= 0.6 is 46.2 Å². The van der Waals surface area contributed by atoms with Crippen molar-refractivity contribution in [3.63, 3.8) is 0 Å². The summed E-state index contributed by atoms with van der Waals surface area (Å²) in [6, 6.07) is 0.978. The van der Waals surface area contributed by atoms with Gasteiger partial charge in [0.15, 0.2) is 27.6 Å². The lowest BCUT2D eigenvalue weighted by molar-refractivity contribution is -0.670. The molecule has 0 aromatic carbocycles. The predicted molar refractivity (Wildman–Crippen MR) is 139 cm³/mol. The van der Waals surface area contributed by atoms with Crippen molar-refractivity contribution in [2.45, 2.75) is 15.8 Å². The number of carbonyl (C=O) groups is 3. The first-order valence-electron chi connectivity index (χ1n) is 10.7. The number of thioether (sulfide) groups is 2. The Labute approximate surface area is 226 Å². The number of carboxylic acid groups (broad SMARTS) is 1. The van der Waals surface area contributed by atoms with Gasteiger partial charge < -0.3 is 25.8 Å². The maximum atomic E-state index is 13.0. The molecule has 2 aliphatic heterocycles. The molecular weight excluding hydrogens is 559 g/mol. The Balaban J connectivity index is 1.31. The molecule has 0 spiro atoms. The molecule has 16 heteroatoms.